The molecule has 7 heteroatoms. The summed E-state index contributed by atoms with van der Waals surface area (Å²) in [6.07, 6.45) is 3.20. The van der Waals surface area contributed by atoms with Gasteiger partial charge in [-0.05, 0) is 24.5 Å². The molecule has 1 aromatic heterocycles. The number of likely N-dealkylation sites (tertiary alicyclic amines) is 1. The number of esters is 1. The lowest BCUT2D eigenvalue weighted by Crippen LogP contribution is -2.37. The maximum atomic E-state index is 13.1. The highest BCUT2D eigenvalue weighted by Gasteiger charge is 2.48. The summed E-state index contributed by atoms with van der Waals surface area (Å²) < 4.78 is 5.23. The molecule has 1 aliphatic carbocycles. The van der Waals surface area contributed by atoms with Crippen molar-refractivity contribution in [3.05, 3.63) is 60.2 Å². The number of H-pyrrole nitrogens is 1. The Balaban J connectivity index is 1.31. The van der Waals surface area contributed by atoms with E-state index in [1.165, 1.54) is 0 Å². The van der Waals surface area contributed by atoms with Crippen LogP contribution in [0.3, 0.4) is 0 Å². The van der Waals surface area contributed by atoms with Gasteiger partial charge < -0.3 is 9.72 Å². The number of fused-ring (bicyclic) bond motifs is 2. The third-order valence-electron chi connectivity index (χ3n) is 6.63. The Morgan fingerprint density at radius 3 is 2.24 bits per heavy atom. The smallest absolute Gasteiger partial charge is 0.326 e. The number of benzene rings is 2. The molecular weight excluding hydrogens is 420 g/mol. The molecule has 2 unspecified atom stereocenters. The predicted molar refractivity (Wildman–Crippen MR) is 121 cm³/mol. The molecule has 0 spiro atoms. The van der Waals surface area contributed by atoms with Gasteiger partial charge in [0.1, 0.15) is 6.54 Å². The summed E-state index contributed by atoms with van der Waals surface area (Å²) in [5, 5.41) is 0.742. The van der Waals surface area contributed by atoms with Gasteiger partial charge in [0.15, 0.2) is 6.61 Å². The molecular formula is C26H24N2O5. The molecule has 33 heavy (non-hydrogen) atoms. The van der Waals surface area contributed by atoms with Crippen LogP contribution in [0.2, 0.25) is 0 Å². The maximum absolute atomic E-state index is 13.1. The van der Waals surface area contributed by atoms with Gasteiger partial charge in [-0.1, -0.05) is 61.4 Å². The quantitative estimate of drug-likeness (QED) is 0.355. The molecule has 2 atom stereocenters. The molecule has 2 aromatic carbocycles. The van der Waals surface area contributed by atoms with Crippen molar-refractivity contribution in [2.75, 3.05) is 13.2 Å². The molecule has 0 radical (unpaired) electrons. The summed E-state index contributed by atoms with van der Waals surface area (Å²) in [5.74, 6) is -2.34. The van der Waals surface area contributed by atoms with Crippen LogP contribution in [0.1, 0.15) is 36.0 Å². The van der Waals surface area contributed by atoms with Crippen molar-refractivity contribution in [3.8, 4) is 11.3 Å². The first-order valence-corrected chi connectivity index (χ1v) is 11.2. The number of para-hydroxylation sites is 1. The number of amides is 2. The second-order valence-electron chi connectivity index (χ2n) is 8.63. The Morgan fingerprint density at radius 2 is 1.55 bits per heavy atom. The molecule has 0 bridgehead atoms. The van der Waals surface area contributed by atoms with Crippen LogP contribution >= 0.6 is 0 Å². The molecule has 1 saturated carbocycles. The highest BCUT2D eigenvalue weighted by molar-refractivity contribution is 6.14. The fraction of sp³-hybridized carbons (Fsp3) is 0.308. The zero-order valence-corrected chi connectivity index (χ0v) is 18.1. The summed E-state index contributed by atoms with van der Waals surface area (Å²) in [6, 6.07) is 16.9. The molecule has 2 heterocycles. The first kappa shape index (κ1) is 21.1. The largest absolute Gasteiger partial charge is 0.456 e. The summed E-state index contributed by atoms with van der Waals surface area (Å²) in [6.45, 7) is -0.916. The first-order valence-electron chi connectivity index (χ1n) is 11.2. The summed E-state index contributed by atoms with van der Waals surface area (Å²) in [7, 11) is 0. The van der Waals surface area contributed by atoms with Crippen molar-refractivity contribution >= 4 is 34.5 Å². The highest BCUT2D eigenvalue weighted by Crippen LogP contribution is 2.38. The lowest BCUT2D eigenvalue weighted by atomic mass is 9.81. The van der Waals surface area contributed by atoms with Crippen LogP contribution in [0.15, 0.2) is 54.6 Å². The van der Waals surface area contributed by atoms with Crippen LogP contribution in [0.4, 0.5) is 0 Å². The van der Waals surface area contributed by atoms with Crippen LogP contribution in [0.5, 0.6) is 0 Å². The monoisotopic (exact) mass is 444 g/mol. The van der Waals surface area contributed by atoms with Gasteiger partial charge in [-0.3, -0.25) is 24.1 Å². The lowest BCUT2D eigenvalue weighted by molar-refractivity contribution is -0.152. The SMILES string of the molecule is O=C(CN1C(=O)C2CCCCC2C1=O)OCC(=O)c1c(-c2ccccc2)[nH]c2ccccc12. The Hall–Kier alpha value is -3.74. The minimum absolute atomic E-state index is 0.295. The number of Topliss-reactive ketones (excluding diaryl/α,β-unsaturated/α-hetero) is 1. The molecule has 2 aliphatic rings. The van der Waals surface area contributed by atoms with Gasteiger partial charge in [-0.15, -0.1) is 0 Å². The zero-order chi connectivity index (χ0) is 22.9. The number of hydrogen-bond donors (Lipinski definition) is 1. The van der Waals surface area contributed by atoms with Gasteiger partial charge in [0, 0.05) is 10.9 Å². The number of ketones is 1. The van der Waals surface area contributed by atoms with Crippen LogP contribution in [0, 0.1) is 11.8 Å². The molecule has 7 nitrogen and oxygen atoms in total. The van der Waals surface area contributed by atoms with E-state index >= 15 is 0 Å². The number of carbonyl (C=O) groups excluding carboxylic acids is 4. The van der Waals surface area contributed by atoms with Gasteiger partial charge in [0.25, 0.3) is 0 Å². The zero-order valence-electron chi connectivity index (χ0n) is 18.1. The number of imide groups is 1. The number of ether oxygens (including phenoxy) is 1. The van der Waals surface area contributed by atoms with Crippen LogP contribution in [-0.4, -0.2) is 46.6 Å². The fourth-order valence-electron chi connectivity index (χ4n) is 5.03. The van der Waals surface area contributed by atoms with E-state index in [-0.39, 0.29) is 29.4 Å². The van der Waals surface area contributed by atoms with Gasteiger partial charge >= 0.3 is 5.97 Å². The van der Waals surface area contributed by atoms with Crippen molar-refractivity contribution in [2.24, 2.45) is 11.8 Å². The van der Waals surface area contributed by atoms with Crippen LogP contribution in [-0.2, 0) is 19.1 Å². The Bertz CT molecular complexity index is 1220. The molecule has 1 aliphatic heterocycles. The molecule has 1 saturated heterocycles. The molecule has 5 rings (SSSR count). The van der Waals surface area contributed by atoms with E-state index in [9.17, 15) is 19.2 Å². The summed E-state index contributed by atoms with van der Waals surface area (Å²) in [4.78, 5) is 55.1. The minimum Gasteiger partial charge on any atom is -0.456 e. The molecule has 2 fully saturated rings. The Morgan fingerprint density at radius 1 is 0.909 bits per heavy atom. The van der Waals surface area contributed by atoms with Crippen molar-refractivity contribution in [1.29, 1.82) is 0 Å². The first-order chi connectivity index (χ1) is 16.0. The van der Waals surface area contributed by atoms with Gasteiger partial charge in [0.05, 0.1) is 23.1 Å². The van der Waals surface area contributed by atoms with Gasteiger partial charge in [-0.2, -0.15) is 0 Å². The molecule has 3 aromatic rings. The third-order valence-corrected chi connectivity index (χ3v) is 6.63. The Kier molecular flexibility index (Phi) is 5.54. The lowest BCUT2D eigenvalue weighted by Gasteiger charge is -2.19. The standard InChI is InChI=1S/C26H24N2O5/c29-21(15-33-22(30)14-28-25(31)17-10-4-5-11-18(17)26(28)32)23-19-12-6-7-13-20(19)27-24(23)16-8-2-1-3-9-16/h1-3,6-9,12-13,17-18,27H,4-5,10-11,14-15H2. The van der Waals surface area contributed by atoms with E-state index in [1.807, 2.05) is 54.6 Å². The fourth-order valence-corrected chi connectivity index (χ4v) is 5.03. The van der Waals surface area contributed by atoms with E-state index in [0.29, 0.717) is 24.1 Å². The normalized spacial score (nSPS) is 20.2. The number of hydrogen-bond acceptors (Lipinski definition) is 5. The van der Waals surface area contributed by atoms with Crippen molar-refractivity contribution in [2.45, 2.75) is 25.7 Å². The maximum Gasteiger partial charge on any atom is 0.326 e. The van der Waals surface area contributed by atoms with Crippen LogP contribution < -0.4 is 0 Å². The number of nitrogens with one attached hydrogen (secondary N) is 1. The van der Waals surface area contributed by atoms with Gasteiger partial charge in [0.2, 0.25) is 17.6 Å². The van der Waals surface area contributed by atoms with Gasteiger partial charge in [-0.25, -0.2) is 0 Å². The van der Waals surface area contributed by atoms with E-state index in [4.69, 9.17) is 4.74 Å². The molecule has 168 valence electrons. The van der Waals surface area contributed by atoms with Crippen molar-refractivity contribution in [1.82, 2.24) is 9.88 Å². The second-order valence-corrected chi connectivity index (χ2v) is 8.63. The predicted octanol–water partition coefficient (Wildman–Crippen LogP) is 3.74. The number of rotatable bonds is 6. The molecule has 2 amide bonds. The van der Waals surface area contributed by atoms with Crippen molar-refractivity contribution in [3.63, 3.8) is 0 Å². The third kappa shape index (κ3) is 3.84. The van der Waals surface area contributed by atoms with E-state index < -0.39 is 19.1 Å². The average molecular weight is 444 g/mol. The summed E-state index contributed by atoms with van der Waals surface area (Å²) in [5.41, 5.74) is 2.76. The Labute approximate surface area is 190 Å². The minimum atomic E-state index is -0.759. The van der Waals surface area contributed by atoms with Crippen molar-refractivity contribution < 1.29 is 23.9 Å². The number of aromatic nitrogens is 1. The van der Waals surface area contributed by atoms with E-state index in [2.05, 4.69) is 4.98 Å². The highest BCUT2D eigenvalue weighted by atomic mass is 16.5. The van der Waals surface area contributed by atoms with E-state index in [1.54, 1.807) is 0 Å². The molecule has 1 N–H and O–H groups in total. The second kappa shape index (κ2) is 8.65. The number of carbonyl (C=O) groups is 4. The number of aromatic amines is 1. The van der Waals surface area contributed by atoms with E-state index in [0.717, 1.165) is 34.2 Å². The van der Waals surface area contributed by atoms with Crippen LogP contribution in [0.25, 0.3) is 22.2 Å². The topological polar surface area (TPSA) is 96.5 Å². The average Bonchev–Trinajstić information content (AvgIpc) is 3.35. The summed E-state index contributed by atoms with van der Waals surface area (Å²) >= 11 is 0. The number of nitrogens with zero attached hydrogens (tertiary/aromatic N) is 1.